The van der Waals surface area contributed by atoms with Gasteiger partial charge in [-0.25, -0.2) is 0 Å². The number of benzene rings is 3. The molecule has 3 aromatic carbocycles. The van der Waals surface area contributed by atoms with Gasteiger partial charge in [0.25, 0.3) is 0 Å². The molecule has 4 aromatic rings. The summed E-state index contributed by atoms with van der Waals surface area (Å²) >= 11 is 0. The average molecular weight is 454 g/mol. The summed E-state index contributed by atoms with van der Waals surface area (Å²) in [7, 11) is 0. The van der Waals surface area contributed by atoms with Crippen LogP contribution in [0.2, 0.25) is 0 Å². The van der Waals surface area contributed by atoms with Crippen LogP contribution >= 0.6 is 0 Å². The van der Waals surface area contributed by atoms with Crippen LogP contribution in [0.15, 0.2) is 60.7 Å². The Bertz CT molecular complexity index is 1200. The smallest absolute Gasteiger partial charge is 0.0542 e. The molecule has 5 rings (SSSR count). The molecule has 0 radical (unpaired) electrons. The van der Waals surface area contributed by atoms with Crippen LogP contribution in [0.5, 0.6) is 0 Å². The van der Waals surface area contributed by atoms with Gasteiger partial charge in [0.2, 0.25) is 0 Å². The van der Waals surface area contributed by atoms with Gasteiger partial charge in [-0.3, -0.25) is 0 Å². The Labute approximate surface area is 204 Å². The maximum Gasteiger partial charge on any atom is 0.0542 e. The summed E-state index contributed by atoms with van der Waals surface area (Å²) in [5.74, 6) is 0. The molecule has 1 aliphatic rings. The first-order chi connectivity index (χ1) is 16.6. The lowest BCUT2D eigenvalue weighted by Gasteiger charge is -2.38. The van der Waals surface area contributed by atoms with Gasteiger partial charge in [0.15, 0.2) is 0 Å². The number of nitrogen functional groups attached to an aromatic ring is 2. The molecule has 0 unspecified atom stereocenters. The molecule has 0 atom stereocenters. The number of nitrogens with zero attached hydrogens (tertiary/aromatic N) is 1. The fourth-order valence-electron chi connectivity index (χ4n) is 6.28. The van der Waals surface area contributed by atoms with Crippen molar-refractivity contribution in [3.05, 3.63) is 66.2 Å². The van der Waals surface area contributed by atoms with Gasteiger partial charge in [0.1, 0.15) is 0 Å². The Morgan fingerprint density at radius 3 is 1.88 bits per heavy atom. The van der Waals surface area contributed by atoms with Crippen LogP contribution < -0.4 is 11.5 Å². The van der Waals surface area contributed by atoms with Crippen LogP contribution in [-0.2, 0) is 5.41 Å². The molecule has 0 amide bonds. The first-order valence-electron chi connectivity index (χ1n) is 13.3. The summed E-state index contributed by atoms with van der Waals surface area (Å²) < 4.78 is 2.35. The molecular weight excluding hydrogens is 414 g/mol. The topological polar surface area (TPSA) is 57.0 Å². The highest BCUT2D eigenvalue weighted by atomic mass is 15.0. The van der Waals surface area contributed by atoms with Crippen molar-refractivity contribution >= 4 is 33.2 Å². The number of unbranched alkanes of at least 4 members (excludes halogenated alkanes) is 4. The van der Waals surface area contributed by atoms with E-state index in [1.807, 2.05) is 12.1 Å². The van der Waals surface area contributed by atoms with Crippen molar-refractivity contribution < 1.29 is 0 Å². The van der Waals surface area contributed by atoms with E-state index in [-0.39, 0.29) is 0 Å². The molecule has 0 saturated heterocycles. The first kappa shape index (κ1) is 22.8. The molecule has 4 N–H and O–H groups in total. The van der Waals surface area contributed by atoms with E-state index in [4.69, 9.17) is 11.5 Å². The third-order valence-corrected chi connectivity index (χ3v) is 8.12. The lowest BCUT2D eigenvalue weighted by atomic mass is 9.66. The minimum absolute atomic E-state index is 0.368. The van der Waals surface area contributed by atoms with E-state index in [1.54, 1.807) is 5.56 Å². The fourth-order valence-corrected chi connectivity index (χ4v) is 6.28. The Morgan fingerprint density at radius 1 is 0.706 bits per heavy atom. The summed E-state index contributed by atoms with van der Waals surface area (Å²) in [6.07, 6.45) is 15.0. The Balaban J connectivity index is 1.51. The van der Waals surface area contributed by atoms with Gasteiger partial charge in [-0.2, -0.15) is 0 Å². The third kappa shape index (κ3) is 4.29. The largest absolute Gasteiger partial charge is 0.399 e. The van der Waals surface area contributed by atoms with Crippen molar-refractivity contribution in [1.29, 1.82) is 0 Å². The molecule has 0 bridgehead atoms. The SMILES string of the molecule is CCCCCCCC1(c2ccc(-n3c4ccc(N)cc4c4cc(N)ccc43)cc2)CCCCC1. The van der Waals surface area contributed by atoms with Gasteiger partial charge in [-0.05, 0) is 78.8 Å². The van der Waals surface area contributed by atoms with Crippen LogP contribution in [0.3, 0.4) is 0 Å². The third-order valence-electron chi connectivity index (χ3n) is 8.12. The maximum atomic E-state index is 6.14. The molecule has 1 fully saturated rings. The van der Waals surface area contributed by atoms with Crippen molar-refractivity contribution in [1.82, 2.24) is 4.57 Å². The quantitative estimate of drug-likeness (QED) is 0.207. The lowest BCUT2D eigenvalue weighted by Crippen LogP contribution is -2.29. The van der Waals surface area contributed by atoms with E-state index < -0.39 is 0 Å². The second kappa shape index (κ2) is 9.74. The monoisotopic (exact) mass is 453 g/mol. The number of nitrogens with two attached hydrogens (primary N) is 2. The summed E-state index contributed by atoms with van der Waals surface area (Å²) in [5, 5.41) is 2.31. The van der Waals surface area contributed by atoms with Gasteiger partial charge in [-0.1, -0.05) is 70.4 Å². The van der Waals surface area contributed by atoms with Crippen LogP contribution in [-0.4, -0.2) is 4.57 Å². The molecule has 0 aliphatic heterocycles. The van der Waals surface area contributed by atoms with Gasteiger partial charge >= 0.3 is 0 Å². The van der Waals surface area contributed by atoms with Gasteiger partial charge in [0.05, 0.1) is 11.0 Å². The zero-order valence-electron chi connectivity index (χ0n) is 20.7. The first-order valence-corrected chi connectivity index (χ1v) is 13.3. The molecule has 178 valence electrons. The molecular formula is C31H39N3. The Kier molecular flexibility index (Phi) is 6.54. The summed E-state index contributed by atoms with van der Waals surface area (Å²) in [6, 6.07) is 21.9. The predicted molar refractivity (Wildman–Crippen MR) is 148 cm³/mol. The highest BCUT2D eigenvalue weighted by Crippen LogP contribution is 2.44. The van der Waals surface area contributed by atoms with Crippen molar-refractivity contribution in [2.45, 2.75) is 83.0 Å². The van der Waals surface area contributed by atoms with Crippen molar-refractivity contribution in [3.8, 4) is 5.69 Å². The molecule has 1 saturated carbocycles. The zero-order valence-corrected chi connectivity index (χ0v) is 20.7. The minimum atomic E-state index is 0.368. The number of anilines is 2. The second-order valence-electron chi connectivity index (χ2n) is 10.4. The zero-order chi connectivity index (χ0) is 23.5. The van der Waals surface area contributed by atoms with E-state index in [0.717, 1.165) is 22.1 Å². The second-order valence-corrected chi connectivity index (χ2v) is 10.4. The molecule has 1 heterocycles. The minimum Gasteiger partial charge on any atom is -0.399 e. The van der Waals surface area contributed by atoms with E-state index >= 15 is 0 Å². The standard InChI is InChI=1S/C31H39N3/c1-2-3-4-5-7-18-31(19-8-6-9-20-31)23-10-14-26(15-11-23)34-29-16-12-24(32)21-27(29)28-22-25(33)13-17-30(28)34/h10-17,21-22H,2-9,18-20,32-33H2,1H3. The normalized spacial score (nSPS) is 15.8. The highest BCUT2D eigenvalue weighted by Gasteiger charge is 2.33. The van der Waals surface area contributed by atoms with Crippen molar-refractivity contribution in [3.63, 3.8) is 0 Å². The average Bonchev–Trinajstić information content (AvgIpc) is 3.17. The Hall–Kier alpha value is -2.94. The maximum absolute atomic E-state index is 6.14. The fraction of sp³-hybridized carbons (Fsp3) is 0.419. The number of hydrogen-bond acceptors (Lipinski definition) is 2. The van der Waals surface area contributed by atoms with Crippen LogP contribution in [0.25, 0.3) is 27.5 Å². The molecule has 34 heavy (non-hydrogen) atoms. The van der Waals surface area contributed by atoms with Crippen LogP contribution in [0.1, 0.15) is 83.1 Å². The molecule has 0 spiro atoms. The molecule has 1 aliphatic carbocycles. The summed E-state index contributed by atoms with van der Waals surface area (Å²) in [4.78, 5) is 0. The molecule has 3 heteroatoms. The van der Waals surface area contributed by atoms with Crippen molar-refractivity contribution in [2.75, 3.05) is 11.5 Å². The van der Waals surface area contributed by atoms with Crippen LogP contribution in [0.4, 0.5) is 11.4 Å². The van der Waals surface area contributed by atoms with Crippen molar-refractivity contribution in [2.24, 2.45) is 0 Å². The van der Waals surface area contributed by atoms with Gasteiger partial charge in [-0.15, -0.1) is 0 Å². The van der Waals surface area contributed by atoms with E-state index in [9.17, 15) is 0 Å². The van der Waals surface area contributed by atoms with E-state index in [0.29, 0.717) is 5.41 Å². The van der Waals surface area contributed by atoms with Crippen LogP contribution in [0, 0.1) is 0 Å². The van der Waals surface area contributed by atoms with E-state index in [2.05, 4.69) is 60.0 Å². The lowest BCUT2D eigenvalue weighted by molar-refractivity contribution is 0.265. The number of aromatic nitrogens is 1. The summed E-state index contributed by atoms with van der Waals surface area (Å²) in [6.45, 7) is 2.30. The number of rotatable bonds is 8. The molecule has 3 nitrogen and oxygen atoms in total. The number of hydrogen-bond donors (Lipinski definition) is 2. The predicted octanol–water partition coefficient (Wildman–Crippen LogP) is 8.51. The van der Waals surface area contributed by atoms with Gasteiger partial charge in [0, 0.05) is 27.8 Å². The highest BCUT2D eigenvalue weighted by molar-refractivity contribution is 6.11. The van der Waals surface area contributed by atoms with E-state index in [1.165, 1.54) is 87.3 Å². The summed E-state index contributed by atoms with van der Waals surface area (Å²) in [5.41, 5.74) is 19.3. The number of fused-ring (bicyclic) bond motifs is 3. The Morgan fingerprint density at radius 2 is 1.29 bits per heavy atom. The molecule has 1 aromatic heterocycles. The van der Waals surface area contributed by atoms with Gasteiger partial charge < -0.3 is 16.0 Å².